The van der Waals surface area contributed by atoms with Gasteiger partial charge in [-0.05, 0) is 46.3 Å². The van der Waals surface area contributed by atoms with E-state index >= 15 is 0 Å². The Balaban J connectivity index is 1.58. The lowest BCUT2D eigenvalue weighted by Crippen LogP contribution is -2.50. The third-order valence-corrected chi connectivity index (χ3v) is 5.31. The highest BCUT2D eigenvalue weighted by molar-refractivity contribution is 9.11. The van der Waals surface area contributed by atoms with Gasteiger partial charge in [0.15, 0.2) is 0 Å². The van der Waals surface area contributed by atoms with E-state index in [-0.39, 0.29) is 6.03 Å². The average molecular weight is 469 g/mol. The van der Waals surface area contributed by atoms with Crippen LogP contribution in [0, 0.1) is 0 Å². The fraction of sp³-hybridized carbons (Fsp3) is 0.278. The number of anilines is 2. The number of ether oxygens (including phenoxy) is 1. The van der Waals surface area contributed by atoms with Crippen LogP contribution >= 0.6 is 31.9 Å². The highest BCUT2D eigenvalue weighted by atomic mass is 79.9. The largest absolute Gasteiger partial charge is 0.497 e. The molecule has 2 aromatic rings. The van der Waals surface area contributed by atoms with Crippen molar-refractivity contribution in [3.05, 3.63) is 51.4 Å². The van der Waals surface area contributed by atoms with Gasteiger partial charge in [0.1, 0.15) is 5.75 Å². The minimum Gasteiger partial charge on any atom is -0.497 e. The first kappa shape index (κ1) is 18.1. The zero-order chi connectivity index (χ0) is 17.8. The summed E-state index contributed by atoms with van der Waals surface area (Å²) in [5, 5.41) is 2.96. The van der Waals surface area contributed by atoms with Crippen molar-refractivity contribution in [2.45, 2.75) is 0 Å². The maximum Gasteiger partial charge on any atom is 0.321 e. The molecule has 0 aromatic heterocycles. The number of hydrogen-bond donors (Lipinski definition) is 1. The van der Waals surface area contributed by atoms with Gasteiger partial charge in [-0.25, -0.2) is 4.79 Å². The third-order valence-electron chi connectivity index (χ3n) is 4.16. The van der Waals surface area contributed by atoms with Crippen molar-refractivity contribution in [3.63, 3.8) is 0 Å². The van der Waals surface area contributed by atoms with Gasteiger partial charge in [-0.2, -0.15) is 0 Å². The Hall–Kier alpha value is -1.73. The molecule has 5 nitrogen and oxygen atoms in total. The Bertz CT molecular complexity index is 762. The van der Waals surface area contributed by atoms with E-state index < -0.39 is 0 Å². The molecular formula is C18H19Br2N3O2. The number of amides is 2. The summed E-state index contributed by atoms with van der Waals surface area (Å²) in [5.74, 6) is 0.845. The average Bonchev–Trinajstić information content (AvgIpc) is 2.64. The Kier molecular flexibility index (Phi) is 5.86. The van der Waals surface area contributed by atoms with E-state index in [1.54, 1.807) is 7.11 Å². The first-order chi connectivity index (χ1) is 12.1. The summed E-state index contributed by atoms with van der Waals surface area (Å²) in [6.07, 6.45) is 0. The lowest BCUT2D eigenvalue weighted by atomic mass is 10.2. The molecule has 1 saturated heterocycles. The molecule has 25 heavy (non-hydrogen) atoms. The summed E-state index contributed by atoms with van der Waals surface area (Å²) in [6.45, 7) is 2.94. The van der Waals surface area contributed by atoms with Crippen molar-refractivity contribution in [1.82, 2.24) is 4.90 Å². The molecule has 0 radical (unpaired) electrons. The molecule has 0 aliphatic carbocycles. The number of methoxy groups -OCH3 is 1. The van der Waals surface area contributed by atoms with Crippen LogP contribution in [0.4, 0.5) is 16.2 Å². The molecule has 1 aliphatic heterocycles. The van der Waals surface area contributed by atoms with Crippen LogP contribution in [0.3, 0.4) is 0 Å². The molecule has 0 spiro atoms. The van der Waals surface area contributed by atoms with Gasteiger partial charge < -0.3 is 19.9 Å². The molecule has 0 saturated carbocycles. The fourth-order valence-corrected chi connectivity index (χ4v) is 3.91. The minimum absolute atomic E-state index is 0.0756. The van der Waals surface area contributed by atoms with Gasteiger partial charge in [0.05, 0.1) is 12.8 Å². The van der Waals surface area contributed by atoms with Crippen molar-refractivity contribution in [2.75, 3.05) is 43.5 Å². The molecular weight excluding hydrogens is 450 g/mol. The minimum atomic E-state index is -0.0756. The molecule has 132 valence electrons. The molecule has 1 aliphatic rings. The second-order valence-electron chi connectivity index (χ2n) is 5.73. The van der Waals surface area contributed by atoms with Crippen molar-refractivity contribution < 1.29 is 9.53 Å². The van der Waals surface area contributed by atoms with Crippen LogP contribution in [0.5, 0.6) is 5.75 Å². The third kappa shape index (κ3) is 4.46. The van der Waals surface area contributed by atoms with Crippen molar-refractivity contribution in [1.29, 1.82) is 0 Å². The molecule has 1 N–H and O–H groups in total. The Morgan fingerprint density at radius 1 is 1.08 bits per heavy atom. The number of urea groups is 1. The number of halogens is 2. The van der Waals surface area contributed by atoms with Crippen LogP contribution in [0.15, 0.2) is 51.4 Å². The summed E-state index contributed by atoms with van der Waals surface area (Å²) in [5.41, 5.74) is 1.89. The number of nitrogens with one attached hydrogen (secondary N) is 1. The zero-order valence-electron chi connectivity index (χ0n) is 13.8. The van der Waals surface area contributed by atoms with E-state index in [2.05, 4.69) is 48.1 Å². The predicted molar refractivity (Wildman–Crippen MR) is 108 cm³/mol. The number of carbonyl (C=O) groups excluding carboxylic acids is 1. The summed E-state index contributed by atoms with van der Waals surface area (Å²) < 4.78 is 7.10. The van der Waals surface area contributed by atoms with Crippen LogP contribution in [0.25, 0.3) is 0 Å². The highest BCUT2D eigenvalue weighted by Gasteiger charge is 2.22. The molecule has 0 atom stereocenters. The van der Waals surface area contributed by atoms with Crippen LogP contribution in [0.2, 0.25) is 0 Å². The standard InChI is InChI=1S/C18H19Br2N3O2/c1-25-15-4-2-3-14(12-15)22-7-9-23(10-8-22)18(24)21-17-6-5-13(19)11-16(17)20/h2-6,11-12H,7-10H2,1H3,(H,21,24). The molecule has 0 unspecified atom stereocenters. The maximum atomic E-state index is 12.5. The second-order valence-corrected chi connectivity index (χ2v) is 7.50. The van der Waals surface area contributed by atoms with E-state index in [9.17, 15) is 4.79 Å². The van der Waals surface area contributed by atoms with Gasteiger partial charge >= 0.3 is 6.03 Å². The first-order valence-electron chi connectivity index (χ1n) is 7.97. The van der Waals surface area contributed by atoms with Gasteiger partial charge in [-0.1, -0.05) is 22.0 Å². The molecule has 0 bridgehead atoms. The zero-order valence-corrected chi connectivity index (χ0v) is 17.0. The highest BCUT2D eigenvalue weighted by Crippen LogP contribution is 2.27. The van der Waals surface area contributed by atoms with Gasteiger partial charge in [0.2, 0.25) is 0 Å². The summed E-state index contributed by atoms with van der Waals surface area (Å²) in [4.78, 5) is 16.6. The van der Waals surface area contributed by atoms with E-state index in [4.69, 9.17) is 4.74 Å². The molecule has 2 amide bonds. The van der Waals surface area contributed by atoms with Gasteiger partial charge in [-0.15, -0.1) is 0 Å². The monoisotopic (exact) mass is 467 g/mol. The number of rotatable bonds is 3. The van der Waals surface area contributed by atoms with Gasteiger partial charge in [0.25, 0.3) is 0 Å². The van der Waals surface area contributed by atoms with Crippen LogP contribution < -0.4 is 15.0 Å². The quantitative estimate of drug-likeness (QED) is 0.717. The SMILES string of the molecule is COc1cccc(N2CCN(C(=O)Nc3ccc(Br)cc3Br)CC2)c1. The topological polar surface area (TPSA) is 44.8 Å². The smallest absolute Gasteiger partial charge is 0.321 e. The van der Waals surface area contributed by atoms with Gasteiger partial charge in [-0.3, -0.25) is 0 Å². The molecule has 7 heteroatoms. The summed E-state index contributed by atoms with van der Waals surface area (Å²) >= 11 is 6.88. The van der Waals surface area contributed by atoms with E-state index in [1.807, 2.05) is 41.3 Å². The number of hydrogen-bond acceptors (Lipinski definition) is 3. The van der Waals surface area contributed by atoms with Crippen molar-refractivity contribution in [3.8, 4) is 5.75 Å². The second kappa shape index (κ2) is 8.10. The van der Waals surface area contributed by atoms with Crippen LogP contribution in [0.1, 0.15) is 0 Å². The lowest BCUT2D eigenvalue weighted by Gasteiger charge is -2.36. The Morgan fingerprint density at radius 3 is 2.52 bits per heavy atom. The lowest BCUT2D eigenvalue weighted by molar-refractivity contribution is 0.208. The van der Waals surface area contributed by atoms with Gasteiger partial charge in [0, 0.05) is 46.9 Å². The normalized spacial score (nSPS) is 14.4. The van der Waals surface area contributed by atoms with E-state index in [0.717, 1.165) is 39.2 Å². The number of benzene rings is 2. The van der Waals surface area contributed by atoms with Crippen molar-refractivity contribution in [2.24, 2.45) is 0 Å². The molecule has 3 rings (SSSR count). The van der Waals surface area contributed by atoms with Crippen molar-refractivity contribution >= 4 is 49.3 Å². The van der Waals surface area contributed by atoms with E-state index in [1.165, 1.54) is 0 Å². The predicted octanol–water partition coefficient (Wildman–Crippen LogP) is 4.57. The molecule has 1 fully saturated rings. The summed E-state index contributed by atoms with van der Waals surface area (Å²) in [6, 6.07) is 13.6. The number of piperazine rings is 1. The number of nitrogens with zero attached hydrogens (tertiary/aromatic N) is 2. The van der Waals surface area contributed by atoms with Crippen LogP contribution in [-0.4, -0.2) is 44.2 Å². The maximum absolute atomic E-state index is 12.5. The Labute approximate surface area is 164 Å². The number of carbonyl (C=O) groups is 1. The van der Waals surface area contributed by atoms with Crippen LogP contribution in [-0.2, 0) is 0 Å². The molecule has 2 aromatic carbocycles. The molecule has 1 heterocycles. The fourth-order valence-electron chi connectivity index (χ4n) is 2.76. The first-order valence-corrected chi connectivity index (χ1v) is 9.55. The van der Waals surface area contributed by atoms with E-state index in [0.29, 0.717) is 13.1 Å². The Morgan fingerprint density at radius 2 is 1.84 bits per heavy atom. The summed E-state index contributed by atoms with van der Waals surface area (Å²) in [7, 11) is 1.67.